The zero-order valence-corrected chi connectivity index (χ0v) is 25.7. The van der Waals surface area contributed by atoms with Crippen molar-refractivity contribution in [3.8, 4) is 0 Å². The van der Waals surface area contributed by atoms with E-state index in [0.29, 0.717) is 24.9 Å². The Kier molecular flexibility index (Phi) is 7.77. The number of carbonyl (C=O) groups excluding carboxylic acids is 3. The highest BCUT2D eigenvalue weighted by Gasteiger charge is 2.43. The Morgan fingerprint density at radius 2 is 1.54 bits per heavy atom. The molecule has 41 heavy (non-hydrogen) atoms. The second kappa shape index (κ2) is 10.4. The lowest BCUT2D eigenvalue weighted by Gasteiger charge is -2.28. The van der Waals surface area contributed by atoms with Crippen LogP contribution in [-0.2, 0) is 38.9 Å². The molecule has 0 radical (unpaired) electrons. The molecule has 0 spiro atoms. The van der Waals surface area contributed by atoms with E-state index in [4.69, 9.17) is 15.2 Å². The summed E-state index contributed by atoms with van der Waals surface area (Å²) >= 11 is 0. The lowest BCUT2D eigenvalue weighted by atomic mass is 9.96. The van der Waals surface area contributed by atoms with Crippen molar-refractivity contribution < 1.29 is 32.3 Å². The van der Waals surface area contributed by atoms with Gasteiger partial charge in [0.25, 0.3) is 15.9 Å². The minimum absolute atomic E-state index is 0.0378. The van der Waals surface area contributed by atoms with E-state index in [2.05, 4.69) is 0 Å². The van der Waals surface area contributed by atoms with Crippen LogP contribution in [0.2, 0.25) is 0 Å². The molecule has 4 rings (SSSR count). The zero-order valence-electron chi connectivity index (χ0n) is 24.9. The first kappa shape index (κ1) is 30.5. The van der Waals surface area contributed by atoms with E-state index in [9.17, 15) is 22.8 Å². The summed E-state index contributed by atoms with van der Waals surface area (Å²) in [6, 6.07) is 7.98. The SMILES string of the molecule is Cc1cc2c(c(C(C)N)c1)CN(C1Cc3ccc(S(=O)(=O)N(C(=O)OC(C)(C)C)C(=O)OC(C)(C)C)cc3C1)C2=O. The molecule has 1 aliphatic heterocycles. The Labute approximate surface area is 241 Å². The first-order valence-corrected chi connectivity index (χ1v) is 15.1. The summed E-state index contributed by atoms with van der Waals surface area (Å²) in [6.45, 7) is 13.7. The van der Waals surface area contributed by atoms with Crippen molar-refractivity contribution in [3.05, 3.63) is 63.7 Å². The number of nitrogens with two attached hydrogens (primary N) is 1. The number of fused-ring (bicyclic) bond motifs is 2. The molecule has 2 aromatic carbocycles. The summed E-state index contributed by atoms with van der Waals surface area (Å²) in [7, 11) is -4.69. The number of amides is 3. The van der Waals surface area contributed by atoms with E-state index >= 15 is 0 Å². The van der Waals surface area contributed by atoms with Crippen LogP contribution < -0.4 is 5.73 Å². The fourth-order valence-corrected chi connectivity index (χ4v) is 6.45. The van der Waals surface area contributed by atoms with E-state index in [1.54, 1.807) is 47.6 Å². The Bertz CT molecular complexity index is 1490. The fraction of sp³-hybridized carbons (Fsp3) is 0.500. The van der Waals surface area contributed by atoms with Crippen molar-refractivity contribution in [2.24, 2.45) is 5.73 Å². The molecule has 0 fully saturated rings. The highest BCUT2D eigenvalue weighted by molar-refractivity contribution is 7.90. The lowest BCUT2D eigenvalue weighted by Crippen LogP contribution is -2.46. The maximum Gasteiger partial charge on any atom is 0.434 e. The summed E-state index contributed by atoms with van der Waals surface area (Å²) in [5, 5.41) is 0. The van der Waals surface area contributed by atoms with Gasteiger partial charge in [-0.1, -0.05) is 16.4 Å². The van der Waals surface area contributed by atoms with Gasteiger partial charge in [-0.3, -0.25) is 4.79 Å². The van der Waals surface area contributed by atoms with Gasteiger partial charge in [-0.05, 0) is 114 Å². The predicted molar refractivity (Wildman–Crippen MR) is 153 cm³/mol. The Hall–Kier alpha value is -3.44. The molecule has 2 unspecified atom stereocenters. The lowest BCUT2D eigenvalue weighted by molar-refractivity contribution is 0.0173. The van der Waals surface area contributed by atoms with Gasteiger partial charge in [0.2, 0.25) is 0 Å². The summed E-state index contributed by atoms with van der Waals surface area (Å²) in [5.74, 6) is -0.0720. The number of sulfonamides is 1. The molecular formula is C30H39N3O7S. The number of benzene rings is 2. The molecule has 10 nitrogen and oxygen atoms in total. The average molecular weight is 586 g/mol. The molecule has 1 aliphatic carbocycles. The van der Waals surface area contributed by atoms with Crippen LogP contribution in [0.3, 0.4) is 0 Å². The minimum Gasteiger partial charge on any atom is -0.443 e. The Balaban J connectivity index is 1.63. The van der Waals surface area contributed by atoms with E-state index in [0.717, 1.165) is 27.8 Å². The van der Waals surface area contributed by atoms with Gasteiger partial charge in [-0.2, -0.15) is 0 Å². The van der Waals surface area contributed by atoms with Crippen molar-refractivity contribution in [1.29, 1.82) is 0 Å². The maximum atomic E-state index is 13.7. The number of hydrogen-bond acceptors (Lipinski definition) is 8. The van der Waals surface area contributed by atoms with Crippen LogP contribution in [0, 0.1) is 6.92 Å². The number of carbonyl (C=O) groups is 3. The first-order valence-electron chi connectivity index (χ1n) is 13.6. The molecule has 2 N–H and O–H groups in total. The number of ether oxygens (including phenoxy) is 2. The van der Waals surface area contributed by atoms with Gasteiger partial charge in [0.1, 0.15) is 11.2 Å². The normalized spacial score (nSPS) is 17.6. The van der Waals surface area contributed by atoms with Crippen LogP contribution >= 0.6 is 0 Å². The molecule has 3 amide bonds. The van der Waals surface area contributed by atoms with Crippen molar-refractivity contribution in [3.63, 3.8) is 0 Å². The Morgan fingerprint density at radius 1 is 0.976 bits per heavy atom. The molecule has 2 aliphatic rings. The standard InChI is InChI=1S/C30H39N3O7S/c1-17-11-23(18(2)31)25-16-32(26(34)24(25)12-17)21-13-19-9-10-22(15-20(19)14-21)41(37,38)33(27(35)39-29(3,4)5)28(36)40-30(6,7)8/h9-12,15,18,21H,13-14,16,31H2,1-8H3. The van der Waals surface area contributed by atoms with E-state index in [1.165, 1.54) is 12.1 Å². The van der Waals surface area contributed by atoms with Crippen LogP contribution in [0.1, 0.15) is 92.7 Å². The third-order valence-corrected chi connectivity index (χ3v) is 8.55. The third kappa shape index (κ3) is 6.25. The van der Waals surface area contributed by atoms with Crippen molar-refractivity contribution in [1.82, 2.24) is 9.21 Å². The van der Waals surface area contributed by atoms with Gasteiger partial charge in [-0.15, -0.1) is 0 Å². The van der Waals surface area contributed by atoms with Gasteiger partial charge in [0.15, 0.2) is 0 Å². The van der Waals surface area contributed by atoms with E-state index in [-0.39, 0.29) is 27.2 Å². The number of hydrogen-bond donors (Lipinski definition) is 1. The van der Waals surface area contributed by atoms with Crippen molar-refractivity contribution in [2.45, 2.75) is 103 Å². The predicted octanol–water partition coefficient (Wildman–Crippen LogP) is 5.00. The van der Waals surface area contributed by atoms with Gasteiger partial charge in [0, 0.05) is 24.2 Å². The second-order valence-electron chi connectivity index (χ2n) is 12.8. The molecule has 0 aromatic heterocycles. The molecule has 0 saturated carbocycles. The fourth-order valence-electron chi connectivity index (χ4n) is 5.24. The van der Waals surface area contributed by atoms with E-state index in [1.807, 2.05) is 30.9 Å². The van der Waals surface area contributed by atoms with Crippen LogP contribution in [0.25, 0.3) is 0 Å². The molecule has 1 heterocycles. The number of nitrogens with zero attached hydrogens (tertiary/aromatic N) is 2. The van der Waals surface area contributed by atoms with Gasteiger partial charge >= 0.3 is 12.2 Å². The second-order valence-corrected chi connectivity index (χ2v) is 14.6. The highest BCUT2D eigenvalue weighted by atomic mass is 32.2. The van der Waals surface area contributed by atoms with Crippen molar-refractivity contribution in [2.75, 3.05) is 0 Å². The van der Waals surface area contributed by atoms with Crippen molar-refractivity contribution >= 4 is 28.1 Å². The maximum absolute atomic E-state index is 13.7. The molecule has 222 valence electrons. The molecule has 0 saturated heterocycles. The summed E-state index contributed by atoms with van der Waals surface area (Å²) < 4.78 is 38.0. The van der Waals surface area contributed by atoms with Crippen LogP contribution in [0.5, 0.6) is 0 Å². The first-order chi connectivity index (χ1) is 18.8. The molecular weight excluding hydrogens is 546 g/mol. The average Bonchev–Trinajstić information content (AvgIpc) is 3.36. The monoisotopic (exact) mass is 585 g/mol. The number of rotatable bonds is 4. The summed E-state index contributed by atoms with van der Waals surface area (Å²) in [6.07, 6.45) is -1.75. The zero-order chi connectivity index (χ0) is 30.7. The summed E-state index contributed by atoms with van der Waals surface area (Å²) in [4.78, 5) is 41.0. The van der Waals surface area contributed by atoms with Crippen LogP contribution in [0.15, 0.2) is 35.2 Å². The largest absolute Gasteiger partial charge is 0.443 e. The molecule has 0 bridgehead atoms. The minimum atomic E-state index is -4.69. The quantitative estimate of drug-likeness (QED) is 0.530. The Morgan fingerprint density at radius 3 is 2.07 bits per heavy atom. The van der Waals surface area contributed by atoms with Gasteiger partial charge in [-0.25, -0.2) is 18.0 Å². The number of imide groups is 1. The third-order valence-electron chi connectivity index (χ3n) is 6.93. The van der Waals surface area contributed by atoms with Gasteiger partial charge < -0.3 is 20.1 Å². The molecule has 2 atom stereocenters. The molecule has 2 aromatic rings. The topological polar surface area (TPSA) is 136 Å². The smallest absolute Gasteiger partial charge is 0.434 e. The molecule has 11 heteroatoms. The van der Waals surface area contributed by atoms with Crippen LogP contribution in [0.4, 0.5) is 9.59 Å². The highest BCUT2D eigenvalue weighted by Crippen LogP contribution is 2.36. The van der Waals surface area contributed by atoms with E-state index < -0.39 is 33.4 Å². The number of aryl methyl sites for hydroxylation is 1. The van der Waals surface area contributed by atoms with Gasteiger partial charge in [0.05, 0.1) is 4.90 Å². The van der Waals surface area contributed by atoms with Crippen LogP contribution in [-0.4, -0.2) is 53.0 Å². The summed E-state index contributed by atoms with van der Waals surface area (Å²) in [5.41, 5.74) is 9.20.